The van der Waals surface area contributed by atoms with Crippen LogP contribution >= 0.6 is 0 Å². The fraction of sp³-hybridized carbons (Fsp3) is 0.222. The average molecular weight is 440 g/mol. The molecule has 0 bridgehead atoms. The van der Waals surface area contributed by atoms with Crippen LogP contribution in [0.15, 0.2) is 85.3 Å². The summed E-state index contributed by atoms with van der Waals surface area (Å²) in [6.07, 6.45) is 5.47. The number of pyridine rings is 1. The molecule has 6 heteroatoms. The number of anilines is 1. The molecule has 0 spiro atoms. The lowest BCUT2D eigenvalue weighted by Crippen LogP contribution is -2.35. The summed E-state index contributed by atoms with van der Waals surface area (Å²) >= 11 is 0. The maximum atomic E-state index is 13.2. The first-order valence-corrected chi connectivity index (χ1v) is 11.1. The predicted molar refractivity (Wildman–Crippen MR) is 132 cm³/mol. The molecule has 2 aromatic heterocycles. The molecular formula is C27H29N5O. The summed E-state index contributed by atoms with van der Waals surface area (Å²) in [5.74, 6) is 0.641. The maximum Gasteiger partial charge on any atom is 0.247 e. The van der Waals surface area contributed by atoms with Crippen LogP contribution in [-0.2, 0) is 11.8 Å². The van der Waals surface area contributed by atoms with Crippen molar-refractivity contribution in [2.24, 2.45) is 7.05 Å². The van der Waals surface area contributed by atoms with Gasteiger partial charge in [0.05, 0.1) is 6.20 Å². The van der Waals surface area contributed by atoms with Crippen molar-refractivity contribution in [3.8, 4) is 11.1 Å². The van der Waals surface area contributed by atoms with Gasteiger partial charge in [-0.3, -0.25) is 9.48 Å². The van der Waals surface area contributed by atoms with Crippen LogP contribution in [0, 0.1) is 6.92 Å². The highest BCUT2D eigenvalue weighted by Crippen LogP contribution is 2.21. The number of carbonyl (C=O) groups excluding carboxylic acids is 1. The van der Waals surface area contributed by atoms with Crippen LogP contribution in [0.3, 0.4) is 0 Å². The Morgan fingerprint density at radius 1 is 0.939 bits per heavy atom. The molecule has 4 aromatic rings. The van der Waals surface area contributed by atoms with Crippen LogP contribution in [0.1, 0.15) is 35.6 Å². The zero-order chi connectivity index (χ0) is 23.2. The van der Waals surface area contributed by atoms with E-state index in [0.29, 0.717) is 12.4 Å². The minimum absolute atomic E-state index is 0.140. The molecule has 0 aliphatic heterocycles. The number of aryl methyl sites for hydroxylation is 2. The molecular weight excluding hydrogens is 410 g/mol. The molecule has 0 aliphatic carbocycles. The van der Waals surface area contributed by atoms with Crippen LogP contribution in [0.2, 0.25) is 0 Å². The standard InChI is InChI=1S/C27H29N5O/c1-19-9-11-21(12-10-19)20(2)15-29-26(22-7-5-4-6-8-22)27(33)31-25-14-13-23(16-28-25)24-17-30-32(3)18-24/h4-14,16-18,20,26,29H,15H2,1-3H3,(H,28,31,33)/t20-,26-/m1/s1. The predicted octanol–water partition coefficient (Wildman–Crippen LogP) is 4.86. The van der Waals surface area contributed by atoms with Crippen molar-refractivity contribution in [3.63, 3.8) is 0 Å². The lowest BCUT2D eigenvalue weighted by Gasteiger charge is -2.21. The Morgan fingerprint density at radius 2 is 1.70 bits per heavy atom. The van der Waals surface area contributed by atoms with Crippen molar-refractivity contribution >= 4 is 11.7 Å². The van der Waals surface area contributed by atoms with Gasteiger partial charge < -0.3 is 10.6 Å². The molecule has 2 aromatic carbocycles. The van der Waals surface area contributed by atoms with Gasteiger partial charge in [0.1, 0.15) is 11.9 Å². The second kappa shape index (κ2) is 10.2. The lowest BCUT2D eigenvalue weighted by atomic mass is 9.98. The van der Waals surface area contributed by atoms with Gasteiger partial charge in [-0.1, -0.05) is 67.1 Å². The van der Waals surface area contributed by atoms with Gasteiger partial charge in [-0.25, -0.2) is 4.98 Å². The Morgan fingerprint density at radius 3 is 2.33 bits per heavy atom. The number of hydrogen-bond donors (Lipinski definition) is 2. The molecule has 0 unspecified atom stereocenters. The normalized spacial score (nSPS) is 12.8. The number of amides is 1. The first-order valence-electron chi connectivity index (χ1n) is 11.1. The van der Waals surface area contributed by atoms with Crippen LogP contribution in [0.4, 0.5) is 5.82 Å². The molecule has 2 N–H and O–H groups in total. The second-order valence-corrected chi connectivity index (χ2v) is 8.39. The molecule has 0 radical (unpaired) electrons. The number of rotatable bonds is 8. The highest BCUT2D eigenvalue weighted by molar-refractivity contribution is 5.95. The zero-order valence-electron chi connectivity index (χ0n) is 19.2. The van der Waals surface area contributed by atoms with Gasteiger partial charge >= 0.3 is 0 Å². The van der Waals surface area contributed by atoms with Crippen molar-refractivity contribution in [3.05, 3.63) is 102 Å². The van der Waals surface area contributed by atoms with E-state index in [1.165, 1.54) is 11.1 Å². The number of carbonyl (C=O) groups is 1. The first kappa shape index (κ1) is 22.4. The van der Waals surface area contributed by atoms with Gasteiger partial charge in [-0.15, -0.1) is 0 Å². The SMILES string of the molecule is Cc1ccc([C@H](C)CN[C@@H](C(=O)Nc2ccc(-c3cnn(C)c3)cn2)c2ccccc2)cc1. The molecule has 0 fully saturated rings. The number of nitrogens with one attached hydrogen (secondary N) is 2. The van der Waals surface area contributed by atoms with Crippen molar-refractivity contribution in [2.75, 3.05) is 11.9 Å². The quantitative estimate of drug-likeness (QED) is 0.411. The second-order valence-electron chi connectivity index (χ2n) is 8.39. The summed E-state index contributed by atoms with van der Waals surface area (Å²) in [5, 5.41) is 10.6. The smallest absolute Gasteiger partial charge is 0.247 e. The third kappa shape index (κ3) is 5.73. The highest BCUT2D eigenvalue weighted by atomic mass is 16.2. The first-order chi connectivity index (χ1) is 16.0. The fourth-order valence-electron chi connectivity index (χ4n) is 3.72. The molecule has 1 amide bonds. The topological polar surface area (TPSA) is 71.8 Å². The monoisotopic (exact) mass is 439 g/mol. The van der Waals surface area contributed by atoms with Crippen molar-refractivity contribution in [2.45, 2.75) is 25.8 Å². The molecule has 0 aliphatic rings. The van der Waals surface area contributed by atoms with E-state index in [9.17, 15) is 4.79 Å². The molecule has 0 saturated carbocycles. The number of nitrogens with zero attached hydrogens (tertiary/aromatic N) is 3. The number of benzene rings is 2. The molecule has 168 valence electrons. The van der Waals surface area contributed by atoms with E-state index < -0.39 is 6.04 Å². The summed E-state index contributed by atoms with van der Waals surface area (Å²) in [4.78, 5) is 17.7. The van der Waals surface area contributed by atoms with Crippen molar-refractivity contribution in [1.82, 2.24) is 20.1 Å². The number of aromatic nitrogens is 3. The van der Waals surface area contributed by atoms with Crippen LogP contribution in [0.5, 0.6) is 0 Å². The van der Waals surface area contributed by atoms with Gasteiger partial charge in [-0.05, 0) is 36.1 Å². The molecule has 4 rings (SSSR count). The summed E-state index contributed by atoms with van der Waals surface area (Å²) in [7, 11) is 1.88. The molecule has 33 heavy (non-hydrogen) atoms. The maximum absolute atomic E-state index is 13.2. The highest BCUT2D eigenvalue weighted by Gasteiger charge is 2.21. The van der Waals surface area contributed by atoms with Crippen molar-refractivity contribution < 1.29 is 4.79 Å². The largest absolute Gasteiger partial charge is 0.309 e. The third-order valence-corrected chi connectivity index (χ3v) is 5.72. The van der Waals surface area contributed by atoms with Gasteiger partial charge in [0.2, 0.25) is 5.91 Å². The Hall–Kier alpha value is -3.77. The molecule has 6 nitrogen and oxygen atoms in total. The Kier molecular flexibility index (Phi) is 6.95. The fourth-order valence-corrected chi connectivity index (χ4v) is 3.72. The Labute approximate surface area is 194 Å². The van der Waals surface area contributed by atoms with Gasteiger partial charge in [0.25, 0.3) is 0 Å². The lowest BCUT2D eigenvalue weighted by molar-refractivity contribution is -0.118. The minimum atomic E-state index is -0.487. The summed E-state index contributed by atoms with van der Waals surface area (Å²) in [5.41, 5.74) is 5.33. The van der Waals surface area contributed by atoms with E-state index in [-0.39, 0.29) is 11.8 Å². The molecule has 2 atom stereocenters. The summed E-state index contributed by atoms with van der Waals surface area (Å²) in [6, 6.07) is 21.6. The Balaban J connectivity index is 1.46. The van der Waals surface area contributed by atoms with Crippen molar-refractivity contribution in [1.29, 1.82) is 0 Å². The molecule has 0 saturated heterocycles. The van der Waals surface area contributed by atoms with E-state index in [4.69, 9.17) is 0 Å². The molecule has 2 heterocycles. The van der Waals surface area contributed by atoms with Gasteiger partial charge in [-0.2, -0.15) is 5.10 Å². The van der Waals surface area contributed by atoms with Crippen LogP contribution in [-0.4, -0.2) is 27.2 Å². The van der Waals surface area contributed by atoms with Crippen LogP contribution in [0.25, 0.3) is 11.1 Å². The van der Waals surface area contributed by atoms with E-state index in [1.54, 1.807) is 17.1 Å². The summed E-state index contributed by atoms with van der Waals surface area (Å²) < 4.78 is 1.75. The third-order valence-electron chi connectivity index (χ3n) is 5.72. The number of hydrogen-bond acceptors (Lipinski definition) is 4. The van der Waals surface area contributed by atoms with E-state index in [1.807, 2.05) is 55.7 Å². The minimum Gasteiger partial charge on any atom is -0.309 e. The zero-order valence-corrected chi connectivity index (χ0v) is 19.2. The van der Waals surface area contributed by atoms with Gasteiger partial charge in [0.15, 0.2) is 0 Å². The van der Waals surface area contributed by atoms with Crippen LogP contribution < -0.4 is 10.6 Å². The van der Waals surface area contributed by atoms with Gasteiger partial charge in [0, 0.05) is 37.1 Å². The van der Waals surface area contributed by atoms with E-state index in [0.717, 1.165) is 16.7 Å². The summed E-state index contributed by atoms with van der Waals surface area (Å²) in [6.45, 7) is 4.92. The average Bonchev–Trinajstić information content (AvgIpc) is 3.27. The van der Waals surface area contributed by atoms with E-state index in [2.05, 4.69) is 58.8 Å². The Bertz CT molecular complexity index is 1180. The van der Waals surface area contributed by atoms with E-state index >= 15 is 0 Å².